The number of halogens is 1. The number of nitrogens with zero attached hydrogens (tertiary/aromatic N) is 2. The van der Waals surface area contributed by atoms with Crippen molar-refractivity contribution in [3.63, 3.8) is 0 Å². The van der Waals surface area contributed by atoms with E-state index in [0.29, 0.717) is 36.7 Å². The van der Waals surface area contributed by atoms with Crippen LogP contribution in [-0.4, -0.2) is 54.9 Å². The molecule has 0 radical (unpaired) electrons. The molecule has 0 bridgehead atoms. The fourth-order valence-corrected chi connectivity index (χ4v) is 2.86. The molecule has 0 aromatic heterocycles. The van der Waals surface area contributed by atoms with Crippen molar-refractivity contribution in [1.82, 2.24) is 9.80 Å². The third-order valence-corrected chi connectivity index (χ3v) is 4.32. The van der Waals surface area contributed by atoms with E-state index in [2.05, 4.69) is 0 Å². The molecule has 2 rings (SSSR count). The molecule has 1 fully saturated rings. The van der Waals surface area contributed by atoms with Gasteiger partial charge in [-0.25, -0.2) is 0 Å². The Hall–Kier alpha value is -1.75. The molecule has 0 N–H and O–H groups in total. The van der Waals surface area contributed by atoms with E-state index in [0.717, 1.165) is 0 Å². The van der Waals surface area contributed by atoms with Crippen molar-refractivity contribution in [2.45, 2.75) is 25.9 Å². The highest BCUT2D eigenvalue weighted by Crippen LogP contribution is 2.21. The minimum Gasteiger partial charge on any atom is -0.481 e. The highest BCUT2D eigenvalue weighted by molar-refractivity contribution is 6.30. The lowest BCUT2D eigenvalue weighted by molar-refractivity contribution is -0.142. The summed E-state index contributed by atoms with van der Waals surface area (Å²) in [5.41, 5.74) is 0. The molecule has 0 aliphatic carbocycles. The van der Waals surface area contributed by atoms with Gasteiger partial charge in [-0.3, -0.25) is 9.59 Å². The summed E-state index contributed by atoms with van der Waals surface area (Å²) < 4.78 is 5.67. The minimum absolute atomic E-state index is 0.0153. The van der Waals surface area contributed by atoms with Gasteiger partial charge in [0.05, 0.1) is 0 Å². The Kier molecular flexibility index (Phi) is 5.88. The van der Waals surface area contributed by atoms with Crippen LogP contribution in [0.15, 0.2) is 24.3 Å². The van der Waals surface area contributed by atoms with Crippen LogP contribution in [0.4, 0.5) is 0 Å². The van der Waals surface area contributed by atoms with E-state index in [-0.39, 0.29) is 17.7 Å². The Morgan fingerprint density at radius 1 is 1.22 bits per heavy atom. The van der Waals surface area contributed by atoms with Crippen molar-refractivity contribution in [3.05, 3.63) is 29.3 Å². The third-order valence-electron chi connectivity index (χ3n) is 4.07. The van der Waals surface area contributed by atoms with E-state index in [1.165, 1.54) is 0 Å². The summed E-state index contributed by atoms with van der Waals surface area (Å²) in [6.45, 7) is 2.93. The maximum Gasteiger partial charge on any atom is 0.263 e. The highest BCUT2D eigenvalue weighted by atomic mass is 35.5. The van der Waals surface area contributed by atoms with E-state index in [1.807, 2.05) is 0 Å². The van der Waals surface area contributed by atoms with Gasteiger partial charge in [-0.2, -0.15) is 0 Å². The summed E-state index contributed by atoms with van der Waals surface area (Å²) in [5.74, 6) is 0.729. The number of benzene rings is 1. The van der Waals surface area contributed by atoms with Crippen LogP contribution < -0.4 is 4.74 Å². The topological polar surface area (TPSA) is 49.9 Å². The lowest BCUT2D eigenvalue weighted by atomic mass is 9.95. The zero-order valence-corrected chi connectivity index (χ0v) is 14.5. The number of rotatable bonds is 4. The van der Waals surface area contributed by atoms with Crippen LogP contribution in [0.3, 0.4) is 0 Å². The smallest absolute Gasteiger partial charge is 0.263 e. The Bertz CT molecular complexity index is 551. The first kappa shape index (κ1) is 17.6. The van der Waals surface area contributed by atoms with Gasteiger partial charge >= 0.3 is 0 Å². The van der Waals surface area contributed by atoms with Crippen molar-refractivity contribution in [1.29, 1.82) is 0 Å². The largest absolute Gasteiger partial charge is 0.481 e. The van der Waals surface area contributed by atoms with Gasteiger partial charge in [0.2, 0.25) is 5.91 Å². The summed E-state index contributed by atoms with van der Waals surface area (Å²) in [5, 5.41) is 0.629. The molecule has 1 saturated heterocycles. The van der Waals surface area contributed by atoms with Crippen LogP contribution in [0.2, 0.25) is 5.02 Å². The van der Waals surface area contributed by atoms with Gasteiger partial charge < -0.3 is 14.5 Å². The molecule has 126 valence electrons. The Balaban J connectivity index is 1.86. The van der Waals surface area contributed by atoms with Gasteiger partial charge in [-0.05, 0) is 44.0 Å². The summed E-state index contributed by atoms with van der Waals surface area (Å²) in [4.78, 5) is 27.8. The zero-order valence-electron chi connectivity index (χ0n) is 13.8. The number of ether oxygens (including phenoxy) is 1. The predicted octanol–water partition coefficient (Wildman–Crippen LogP) is 2.43. The average Bonchev–Trinajstić information content (AvgIpc) is 2.55. The first-order valence-corrected chi connectivity index (χ1v) is 8.18. The fourth-order valence-electron chi connectivity index (χ4n) is 2.74. The number of hydrogen-bond acceptors (Lipinski definition) is 3. The summed E-state index contributed by atoms with van der Waals surface area (Å²) in [6, 6.07) is 6.95. The van der Waals surface area contributed by atoms with Gasteiger partial charge in [0, 0.05) is 38.1 Å². The minimum atomic E-state index is -0.558. The second-order valence-corrected chi connectivity index (χ2v) is 6.48. The molecule has 1 aliphatic heterocycles. The van der Waals surface area contributed by atoms with Crippen LogP contribution in [-0.2, 0) is 9.59 Å². The number of likely N-dealkylation sites (tertiary alicyclic amines) is 1. The molecule has 5 nitrogen and oxygen atoms in total. The van der Waals surface area contributed by atoms with Crippen LogP contribution in [0, 0.1) is 5.92 Å². The molecule has 0 saturated carbocycles. The molecule has 0 spiro atoms. The molecule has 23 heavy (non-hydrogen) atoms. The van der Waals surface area contributed by atoms with Gasteiger partial charge in [-0.1, -0.05) is 11.6 Å². The van der Waals surface area contributed by atoms with Crippen molar-refractivity contribution in [2.75, 3.05) is 27.2 Å². The van der Waals surface area contributed by atoms with Crippen molar-refractivity contribution in [3.8, 4) is 5.75 Å². The number of amides is 2. The van der Waals surface area contributed by atoms with Gasteiger partial charge in [0.1, 0.15) is 5.75 Å². The number of carbonyl (C=O) groups is 2. The van der Waals surface area contributed by atoms with Gasteiger partial charge in [0.25, 0.3) is 5.91 Å². The summed E-state index contributed by atoms with van der Waals surface area (Å²) in [7, 11) is 3.53. The van der Waals surface area contributed by atoms with Crippen molar-refractivity contribution in [2.24, 2.45) is 5.92 Å². The number of hydrogen-bond donors (Lipinski definition) is 0. The molecule has 1 atom stereocenters. The molecule has 1 aromatic rings. The van der Waals surface area contributed by atoms with E-state index in [1.54, 1.807) is 55.1 Å². The normalized spacial score (nSPS) is 16.8. The molecule has 1 aromatic carbocycles. The Morgan fingerprint density at radius 2 is 1.78 bits per heavy atom. The molecule has 1 unspecified atom stereocenters. The van der Waals surface area contributed by atoms with E-state index in [9.17, 15) is 9.59 Å². The zero-order chi connectivity index (χ0) is 17.0. The number of piperidine rings is 1. The van der Waals surface area contributed by atoms with Crippen LogP contribution in [0.5, 0.6) is 5.75 Å². The Morgan fingerprint density at radius 3 is 2.30 bits per heavy atom. The van der Waals surface area contributed by atoms with Gasteiger partial charge in [0.15, 0.2) is 6.10 Å². The first-order chi connectivity index (χ1) is 10.9. The molecule has 1 aliphatic rings. The Labute approximate surface area is 142 Å². The summed E-state index contributed by atoms with van der Waals surface area (Å²) in [6.07, 6.45) is 0.851. The molecule has 6 heteroatoms. The second kappa shape index (κ2) is 7.68. The van der Waals surface area contributed by atoms with Crippen molar-refractivity contribution < 1.29 is 14.3 Å². The summed E-state index contributed by atoms with van der Waals surface area (Å²) >= 11 is 5.83. The predicted molar refractivity (Wildman–Crippen MR) is 89.5 cm³/mol. The molecule has 1 heterocycles. The second-order valence-electron chi connectivity index (χ2n) is 6.05. The third kappa shape index (κ3) is 4.61. The first-order valence-electron chi connectivity index (χ1n) is 7.80. The lowest BCUT2D eigenvalue weighted by Gasteiger charge is -2.33. The van der Waals surface area contributed by atoms with Crippen LogP contribution in [0.25, 0.3) is 0 Å². The maximum absolute atomic E-state index is 12.5. The van der Waals surface area contributed by atoms with E-state index < -0.39 is 6.10 Å². The average molecular weight is 339 g/mol. The molecular formula is C17H23ClN2O3. The fraction of sp³-hybridized carbons (Fsp3) is 0.529. The van der Waals surface area contributed by atoms with Gasteiger partial charge in [-0.15, -0.1) is 0 Å². The molecular weight excluding hydrogens is 316 g/mol. The maximum atomic E-state index is 12.5. The van der Waals surface area contributed by atoms with E-state index in [4.69, 9.17) is 16.3 Å². The molecule has 2 amide bonds. The van der Waals surface area contributed by atoms with Crippen molar-refractivity contribution >= 4 is 23.4 Å². The standard InChI is InChI=1S/C17H23ClN2O3/c1-12(23-15-6-4-14(18)5-7-15)16(21)20-10-8-13(9-11-20)17(22)19(2)3/h4-7,12-13H,8-11H2,1-3H3. The SMILES string of the molecule is CC(Oc1ccc(Cl)cc1)C(=O)N1CCC(C(=O)N(C)C)CC1. The quantitative estimate of drug-likeness (QED) is 0.847. The highest BCUT2D eigenvalue weighted by Gasteiger charge is 2.30. The number of carbonyl (C=O) groups excluding carboxylic acids is 2. The van der Waals surface area contributed by atoms with E-state index >= 15 is 0 Å². The monoisotopic (exact) mass is 338 g/mol. The lowest BCUT2D eigenvalue weighted by Crippen LogP contribution is -2.47. The van der Waals surface area contributed by atoms with Crippen LogP contribution >= 0.6 is 11.6 Å². The van der Waals surface area contributed by atoms with Crippen LogP contribution in [0.1, 0.15) is 19.8 Å².